The number of nitrogens with one attached hydrogen (secondary N) is 1. The lowest BCUT2D eigenvalue weighted by Crippen LogP contribution is -2.15. The second kappa shape index (κ2) is 9.51. The molecule has 192 valence electrons. The number of rotatable bonds is 6. The summed E-state index contributed by atoms with van der Waals surface area (Å²) < 4.78 is 31.5. The van der Waals surface area contributed by atoms with Crippen molar-refractivity contribution < 1.29 is 17.9 Å². The molecule has 2 aromatic carbocycles. The molecule has 2 aromatic heterocycles. The van der Waals surface area contributed by atoms with Gasteiger partial charge in [-0.2, -0.15) is 5.10 Å². The second-order valence-corrected chi connectivity index (χ2v) is 11.7. The van der Waals surface area contributed by atoms with E-state index in [4.69, 9.17) is 9.72 Å². The Hall–Kier alpha value is -3.92. The number of aromatic nitrogens is 3. The standard InChI is InChI=1S/C27H29N5O4S/c1-17-25-23(27(33)28-19-8-10-20(11-9-19)31(2)3)15-24(18-6-5-7-22(14-18)36-4)29-26(25)32(30-17)21-12-13-37(34,35)16-21/h5-11,14-15,21H,12-13,16H2,1-4H3,(H,28,33). The third-order valence-corrected chi connectivity index (χ3v) is 8.39. The number of benzene rings is 2. The lowest BCUT2D eigenvalue weighted by atomic mass is 10.0. The number of ether oxygens (including phenoxy) is 1. The molecule has 0 spiro atoms. The molecule has 0 aliphatic carbocycles. The number of sulfone groups is 1. The van der Waals surface area contributed by atoms with Crippen LogP contribution in [0.3, 0.4) is 0 Å². The molecule has 1 amide bonds. The van der Waals surface area contributed by atoms with Gasteiger partial charge in [-0.25, -0.2) is 18.1 Å². The summed E-state index contributed by atoms with van der Waals surface area (Å²) in [7, 11) is 2.36. The van der Waals surface area contributed by atoms with Crippen LogP contribution in [0.5, 0.6) is 5.75 Å². The summed E-state index contributed by atoms with van der Waals surface area (Å²) in [5, 5.41) is 8.27. The average Bonchev–Trinajstić information content (AvgIpc) is 3.42. The maximum atomic E-state index is 13.6. The molecule has 5 rings (SSSR count). The van der Waals surface area contributed by atoms with Gasteiger partial charge in [-0.1, -0.05) is 12.1 Å². The Kier molecular flexibility index (Phi) is 6.36. The minimum Gasteiger partial charge on any atom is -0.497 e. The van der Waals surface area contributed by atoms with E-state index < -0.39 is 9.84 Å². The van der Waals surface area contributed by atoms with Gasteiger partial charge in [0.15, 0.2) is 15.5 Å². The first-order valence-electron chi connectivity index (χ1n) is 12.0. The number of fused-ring (bicyclic) bond motifs is 1. The van der Waals surface area contributed by atoms with Crippen LogP contribution in [-0.2, 0) is 9.84 Å². The van der Waals surface area contributed by atoms with E-state index >= 15 is 0 Å². The van der Waals surface area contributed by atoms with E-state index in [0.717, 1.165) is 11.3 Å². The topological polar surface area (TPSA) is 106 Å². The Labute approximate surface area is 216 Å². The van der Waals surface area contributed by atoms with E-state index in [2.05, 4.69) is 10.4 Å². The minimum atomic E-state index is -3.14. The van der Waals surface area contributed by atoms with Crippen LogP contribution in [0.4, 0.5) is 11.4 Å². The summed E-state index contributed by atoms with van der Waals surface area (Å²) in [4.78, 5) is 20.5. The monoisotopic (exact) mass is 519 g/mol. The van der Waals surface area contributed by atoms with Gasteiger partial charge in [0.05, 0.1) is 47.0 Å². The van der Waals surface area contributed by atoms with Crippen LogP contribution in [-0.4, -0.2) is 61.8 Å². The molecule has 1 saturated heterocycles. The number of hydrogen-bond donors (Lipinski definition) is 1. The van der Waals surface area contributed by atoms with Gasteiger partial charge in [0, 0.05) is 31.0 Å². The van der Waals surface area contributed by atoms with E-state index in [1.807, 2.05) is 74.4 Å². The van der Waals surface area contributed by atoms with E-state index in [1.165, 1.54) is 0 Å². The molecular formula is C27H29N5O4S. The van der Waals surface area contributed by atoms with E-state index in [-0.39, 0.29) is 23.5 Å². The van der Waals surface area contributed by atoms with Crippen LogP contribution >= 0.6 is 0 Å². The third kappa shape index (κ3) is 4.89. The number of amides is 1. The van der Waals surface area contributed by atoms with Crippen LogP contribution in [0, 0.1) is 6.92 Å². The number of anilines is 2. The molecular weight excluding hydrogens is 490 g/mol. The lowest BCUT2D eigenvalue weighted by Gasteiger charge is -2.14. The van der Waals surface area contributed by atoms with Gasteiger partial charge in [0.1, 0.15) is 5.75 Å². The zero-order chi connectivity index (χ0) is 26.3. The predicted octanol–water partition coefficient (Wildman–Crippen LogP) is 4.09. The highest BCUT2D eigenvalue weighted by Gasteiger charge is 2.32. The maximum Gasteiger partial charge on any atom is 0.256 e. The van der Waals surface area contributed by atoms with Gasteiger partial charge < -0.3 is 15.0 Å². The molecule has 0 saturated carbocycles. The predicted molar refractivity (Wildman–Crippen MR) is 145 cm³/mol. The summed E-state index contributed by atoms with van der Waals surface area (Å²) in [6.07, 6.45) is 0.462. The minimum absolute atomic E-state index is 0.00798. The molecule has 9 nitrogen and oxygen atoms in total. The SMILES string of the molecule is COc1cccc(-c2cc(C(=O)Nc3ccc(N(C)C)cc3)c3c(C)nn(C4CCS(=O)(=O)C4)c3n2)c1. The zero-order valence-corrected chi connectivity index (χ0v) is 22.0. The van der Waals surface area contributed by atoms with Gasteiger partial charge >= 0.3 is 0 Å². The van der Waals surface area contributed by atoms with Crippen LogP contribution in [0.25, 0.3) is 22.3 Å². The van der Waals surface area contributed by atoms with Crippen molar-refractivity contribution in [1.29, 1.82) is 0 Å². The van der Waals surface area contributed by atoms with Gasteiger partial charge in [0.25, 0.3) is 5.91 Å². The van der Waals surface area contributed by atoms with Crippen molar-refractivity contribution in [3.63, 3.8) is 0 Å². The first kappa shape index (κ1) is 24.8. The molecule has 3 heterocycles. The highest BCUT2D eigenvalue weighted by Crippen LogP contribution is 2.33. The summed E-state index contributed by atoms with van der Waals surface area (Å²) in [6.45, 7) is 1.82. The molecule has 10 heteroatoms. The largest absolute Gasteiger partial charge is 0.497 e. The smallest absolute Gasteiger partial charge is 0.256 e. The third-order valence-electron chi connectivity index (χ3n) is 6.64. The van der Waals surface area contributed by atoms with Crippen molar-refractivity contribution in [3.05, 3.63) is 65.9 Å². The Morgan fingerprint density at radius 3 is 2.54 bits per heavy atom. The van der Waals surface area contributed by atoms with E-state index in [0.29, 0.717) is 45.8 Å². The second-order valence-electron chi connectivity index (χ2n) is 9.47. The highest BCUT2D eigenvalue weighted by molar-refractivity contribution is 7.91. The Morgan fingerprint density at radius 1 is 1.14 bits per heavy atom. The maximum absolute atomic E-state index is 13.6. The first-order chi connectivity index (χ1) is 17.6. The van der Waals surface area contributed by atoms with Crippen molar-refractivity contribution in [2.75, 3.05) is 42.9 Å². The number of methoxy groups -OCH3 is 1. The zero-order valence-electron chi connectivity index (χ0n) is 21.2. The van der Waals surface area contributed by atoms with Gasteiger partial charge in [-0.05, 0) is 55.8 Å². The van der Waals surface area contributed by atoms with Crippen molar-refractivity contribution in [2.45, 2.75) is 19.4 Å². The lowest BCUT2D eigenvalue weighted by molar-refractivity contribution is 0.102. The Bertz CT molecular complexity index is 1590. The van der Waals surface area contributed by atoms with Crippen molar-refractivity contribution in [1.82, 2.24) is 14.8 Å². The number of nitrogens with zero attached hydrogens (tertiary/aromatic N) is 4. The average molecular weight is 520 g/mol. The first-order valence-corrected chi connectivity index (χ1v) is 13.8. The molecule has 1 N–H and O–H groups in total. The summed E-state index contributed by atoms with van der Waals surface area (Å²) in [6, 6.07) is 16.4. The number of aryl methyl sites for hydroxylation is 1. The normalized spacial score (nSPS) is 16.6. The highest BCUT2D eigenvalue weighted by atomic mass is 32.2. The molecule has 1 aliphatic rings. The number of hydrogen-bond acceptors (Lipinski definition) is 7. The molecule has 1 fully saturated rings. The van der Waals surface area contributed by atoms with E-state index in [1.54, 1.807) is 17.9 Å². The van der Waals surface area contributed by atoms with Crippen LogP contribution in [0.1, 0.15) is 28.5 Å². The molecule has 1 atom stereocenters. The quantitative estimate of drug-likeness (QED) is 0.409. The number of carbonyl (C=O) groups is 1. The van der Waals surface area contributed by atoms with E-state index in [9.17, 15) is 13.2 Å². The summed E-state index contributed by atoms with van der Waals surface area (Å²) >= 11 is 0. The van der Waals surface area contributed by atoms with Gasteiger partial charge in [0.2, 0.25) is 0 Å². The number of pyridine rings is 1. The molecule has 0 bridgehead atoms. The molecule has 37 heavy (non-hydrogen) atoms. The van der Waals surface area contributed by atoms with Crippen LogP contribution in [0.15, 0.2) is 54.6 Å². The fourth-order valence-electron chi connectivity index (χ4n) is 4.69. The number of carbonyl (C=O) groups excluding carboxylic acids is 1. The molecule has 1 aliphatic heterocycles. The van der Waals surface area contributed by atoms with Crippen LogP contribution < -0.4 is 15.0 Å². The fraction of sp³-hybridized carbons (Fsp3) is 0.296. The fourth-order valence-corrected chi connectivity index (χ4v) is 6.38. The van der Waals surface area contributed by atoms with Gasteiger partial charge in [-0.3, -0.25) is 4.79 Å². The molecule has 4 aromatic rings. The Balaban J connectivity index is 1.64. The van der Waals surface area contributed by atoms with Crippen LogP contribution in [0.2, 0.25) is 0 Å². The summed E-state index contributed by atoms with van der Waals surface area (Å²) in [5.74, 6) is 0.492. The Morgan fingerprint density at radius 2 is 1.89 bits per heavy atom. The molecule has 0 radical (unpaired) electrons. The van der Waals surface area contributed by atoms with Crippen molar-refractivity contribution in [2.24, 2.45) is 0 Å². The van der Waals surface area contributed by atoms with Crippen molar-refractivity contribution >= 4 is 38.2 Å². The molecule has 1 unspecified atom stereocenters. The van der Waals surface area contributed by atoms with Gasteiger partial charge in [-0.15, -0.1) is 0 Å². The summed E-state index contributed by atoms with van der Waals surface area (Å²) in [5.41, 5.74) is 4.56. The van der Waals surface area contributed by atoms with Crippen molar-refractivity contribution in [3.8, 4) is 17.0 Å².